The van der Waals surface area contributed by atoms with Gasteiger partial charge in [0.05, 0.1) is 53.8 Å². The summed E-state index contributed by atoms with van der Waals surface area (Å²) in [7, 11) is 9.53. The maximum atomic E-state index is 12.4. The van der Waals surface area contributed by atoms with Crippen molar-refractivity contribution < 1.29 is 33.5 Å². The molecule has 0 spiro atoms. The van der Waals surface area contributed by atoms with Crippen molar-refractivity contribution in [2.45, 2.75) is 52.4 Å². The van der Waals surface area contributed by atoms with Gasteiger partial charge in [-0.1, -0.05) is 47.6 Å². The lowest BCUT2D eigenvalue weighted by atomic mass is 9.73. The van der Waals surface area contributed by atoms with Crippen LogP contribution in [-0.4, -0.2) is 47.8 Å². The molecule has 0 atom stereocenters. The molecule has 7 nitrogen and oxygen atoms in total. The van der Waals surface area contributed by atoms with Crippen LogP contribution in [0.2, 0.25) is 0 Å². The molecule has 0 amide bonds. The monoisotopic (exact) mass is 538 g/mol. The predicted octanol–water partition coefficient (Wildman–Crippen LogP) is 7.37. The quantitative estimate of drug-likeness (QED) is 0.321. The van der Waals surface area contributed by atoms with Gasteiger partial charge in [0.25, 0.3) is 0 Å². The number of rotatable bonds is 8. The Kier molecular flexibility index (Phi) is 8.53. The number of benzene rings is 3. The minimum atomic E-state index is -0.352. The van der Waals surface area contributed by atoms with E-state index >= 15 is 0 Å². The Labute approximate surface area is 232 Å². The zero-order valence-corrected chi connectivity index (χ0v) is 25.3. The van der Waals surface area contributed by atoms with E-state index in [2.05, 4.69) is 47.6 Å². The van der Waals surface area contributed by atoms with E-state index in [0.29, 0.717) is 56.8 Å². The summed E-state index contributed by atoms with van der Waals surface area (Å²) in [5.41, 5.74) is 3.60. The Morgan fingerprint density at radius 3 is 0.923 bits per heavy atom. The molecule has 0 aliphatic carbocycles. The highest BCUT2D eigenvalue weighted by Crippen LogP contribution is 2.57. The van der Waals surface area contributed by atoms with Crippen molar-refractivity contribution in [3.05, 3.63) is 41.5 Å². The minimum absolute atomic E-state index is 0.0656. The molecule has 0 aliphatic rings. The van der Waals surface area contributed by atoms with Gasteiger partial charge in [0.15, 0.2) is 0 Å². The van der Waals surface area contributed by atoms with Gasteiger partial charge in [0, 0.05) is 35.4 Å². The molecule has 39 heavy (non-hydrogen) atoms. The number of aromatic hydroxyl groups is 1. The van der Waals surface area contributed by atoms with Gasteiger partial charge >= 0.3 is 0 Å². The summed E-state index contributed by atoms with van der Waals surface area (Å²) in [6.07, 6.45) is 0. The van der Waals surface area contributed by atoms with E-state index in [1.807, 2.05) is 0 Å². The molecule has 3 rings (SSSR count). The van der Waals surface area contributed by atoms with Gasteiger partial charge in [0.1, 0.15) is 40.2 Å². The first-order valence-electron chi connectivity index (χ1n) is 12.8. The van der Waals surface area contributed by atoms with Crippen molar-refractivity contribution in [1.29, 1.82) is 0 Å². The number of hydrogen-bond acceptors (Lipinski definition) is 7. The summed E-state index contributed by atoms with van der Waals surface area (Å²) in [5.74, 6) is 3.26. The van der Waals surface area contributed by atoms with Crippen LogP contribution in [-0.2, 0) is 10.8 Å². The molecule has 7 heteroatoms. The molecule has 0 fully saturated rings. The molecule has 0 radical (unpaired) electrons. The molecule has 0 unspecified atom stereocenters. The summed E-state index contributed by atoms with van der Waals surface area (Å²) >= 11 is 0. The van der Waals surface area contributed by atoms with Gasteiger partial charge in [-0.25, -0.2) is 0 Å². The fourth-order valence-corrected chi connectivity index (χ4v) is 4.86. The van der Waals surface area contributed by atoms with E-state index < -0.39 is 0 Å². The van der Waals surface area contributed by atoms with E-state index in [1.165, 1.54) is 0 Å². The van der Waals surface area contributed by atoms with Crippen molar-refractivity contribution in [3.8, 4) is 62.5 Å². The summed E-state index contributed by atoms with van der Waals surface area (Å²) < 4.78 is 34.3. The third-order valence-corrected chi connectivity index (χ3v) is 6.85. The molecule has 0 saturated carbocycles. The molecule has 1 N–H and O–H groups in total. The Bertz CT molecular complexity index is 1190. The van der Waals surface area contributed by atoms with Crippen LogP contribution in [0.5, 0.6) is 40.2 Å². The van der Waals surface area contributed by atoms with Crippen molar-refractivity contribution in [3.63, 3.8) is 0 Å². The van der Waals surface area contributed by atoms with Gasteiger partial charge in [-0.15, -0.1) is 0 Å². The van der Waals surface area contributed by atoms with Gasteiger partial charge in [0.2, 0.25) is 0 Å². The fourth-order valence-electron chi connectivity index (χ4n) is 4.86. The predicted molar refractivity (Wildman–Crippen MR) is 156 cm³/mol. The van der Waals surface area contributed by atoms with Crippen LogP contribution in [0, 0.1) is 0 Å². The number of ether oxygens (including phenoxy) is 6. The minimum Gasteiger partial charge on any atom is -0.507 e. The molecule has 0 bridgehead atoms. The molecule has 0 saturated heterocycles. The first-order chi connectivity index (χ1) is 18.3. The van der Waals surface area contributed by atoms with E-state index in [9.17, 15) is 5.11 Å². The molecule has 212 valence electrons. The van der Waals surface area contributed by atoms with Crippen LogP contribution in [0.4, 0.5) is 0 Å². The molecule has 0 heterocycles. The summed E-state index contributed by atoms with van der Waals surface area (Å²) in [4.78, 5) is 0. The lowest BCUT2D eigenvalue weighted by Crippen LogP contribution is -2.19. The molecular formula is C32H42O7. The zero-order chi connectivity index (χ0) is 29.3. The second-order valence-electron chi connectivity index (χ2n) is 11.4. The van der Waals surface area contributed by atoms with Gasteiger partial charge in [-0.2, -0.15) is 0 Å². The highest BCUT2D eigenvalue weighted by atomic mass is 16.5. The van der Waals surface area contributed by atoms with E-state index in [1.54, 1.807) is 66.9 Å². The first kappa shape index (κ1) is 29.8. The average Bonchev–Trinajstić information content (AvgIpc) is 2.89. The number of phenols is 1. The SMILES string of the molecule is COc1cc(OC)c(-c2c(C(C)(C)C)cc(C(C)(C)C)c(-c3c(OC)cc(OC)cc3OC)c2O)c(OC)c1. The van der Waals surface area contributed by atoms with Crippen LogP contribution < -0.4 is 28.4 Å². The maximum absolute atomic E-state index is 12.4. The lowest BCUT2D eigenvalue weighted by molar-refractivity contribution is 0.376. The largest absolute Gasteiger partial charge is 0.507 e. The fraction of sp³-hybridized carbons (Fsp3) is 0.438. The summed E-state index contributed by atoms with van der Waals surface area (Å²) in [6, 6.07) is 9.31. The molecular weight excluding hydrogens is 496 g/mol. The number of methoxy groups -OCH3 is 6. The van der Waals surface area contributed by atoms with Crippen molar-refractivity contribution in [2.75, 3.05) is 42.7 Å². The summed E-state index contributed by atoms with van der Waals surface area (Å²) in [5, 5.41) is 12.4. The smallest absolute Gasteiger partial charge is 0.134 e. The normalized spacial score (nSPS) is 11.7. The van der Waals surface area contributed by atoms with Crippen LogP contribution in [0.25, 0.3) is 22.3 Å². The number of hydrogen-bond donors (Lipinski definition) is 1. The number of phenolic OH excluding ortho intramolecular Hbond substituents is 1. The topological polar surface area (TPSA) is 75.6 Å². The lowest BCUT2D eigenvalue weighted by Gasteiger charge is -2.33. The van der Waals surface area contributed by atoms with Crippen LogP contribution in [0.3, 0.4) is 0 Å². The third kappa shape index (κ3) is 5.54. The third-order valence-electron chi connectivity index (χ3n) is 6.85. The Hall–Kier alpha value is -3.74. The van der Waals surface area contributed by atoms with E-state index in [-0.39, 0.29) is 16.6 Å². The van der Waals surface area contributed by atoms with Gasteiger partial charge in [-0.05, 0) is 22.0 Å². The maximum Gasteiger partial charge on any atom is 0.134 e. The van der Waals surface area contributed by atoms with Crippen molar-refractivity contribution in [2.24, 2.45) is 0 Å². The van der Waals surface area contributed by atoms with Crippen LogP contribution >= 0.6 is 0 Å². The van der Waals surface area contributed by atoms with Gasteiger partial charge < -0.3 is 33.5 Å². The average molecular weight is 539 g/mol. The molecule has 3 aromatic carbocycles. The first-order valence-corrected chi connectivity index (χ1v) is 12.8. The molecule has 3 aromatic rings. The standard InChI is InChI=1S/C32H42O7/c1-31(2,3)20-17-21(32(4,5)6)27(29-24(38-11)15-19(35-8)16-25(29)39-12)30(33)26(20)28-22(36-9)13-18(34-7)14-23(28)37-10/h13-17,33H,1-12H3. The second-order valence-corrected chi connectivity index (χ2v) is 11.4. The molecule has 0 aromatic heterocycles. The van der Waals surface area contributed by atoms with Crippen molar-refractivity contribution in [1.82, 2.24) is 0 Å². The zero-order valence-electron chi connectivity index (χ0n) is 25.3. The molecule has 0 aliphatic heterocycles. The Morgan fingerprint density at radius 1 is 0.436 bits per heavy atom. The van der Waals surface area contributed by atoms with Crippen LogP contribution in [0.15, 0.2) is 30.3 Å². The summed E-state index contributed by atoms with van der Waals surface area (Å²) in [6.45, 7) is 12.7. The van der Waals surface area contributed by atoms with Gasteiger partial charge in [-0.3, -0.25) is 0 Å². The second kappa shape index (κ2) is 11.2. The van der Waals surface area contributed by atoms with Crippen molar-refractivity contribution >= 4 is 0 Å². The Morgan fingerprint density at radius 2 is 0.718 bits per heavy atom. The van der Waals surface area contributed by atoms with Crippen LogP contribution in [0.1, 0.15) is 52.7 Å². The highest BCUT2D eigenvalue weighted by Gasteiger charge is 2.35. The van der Waals surface area contributed by atoms with E-state index in [4.69, 9.17) is 28.4 Å². The van der Waals surface area contributed by atoms with E-state index in [0.717, 1.165) is 11.1 Å². The highest BCUT2D eigenvalue weighted by molar-refractivity contribution is 5.95. The Balaban J connectivity index is 2.68.